The van der Waals surface area contributed by atoms with E-state index in [4.69, 9.17) is 56.8 Å². The van der Waals surface area contributed by atoms with Crippen LogP contribution in [0.15, 0.2) is 47.6 Å². The fraction of sp³-hybridized carbons (Fsp3) is 0.857. The van der Waals surface area contributed by atoms with Crippen LogP contribution in [0.1, 0.15) is 73.1 Å². The largest absolute Gasteiger partial charge is 0.394 e. The maximum absolute atomic E-state index is 11.9. The summed E-state index contributed by atoms with van der Waals surface area (Å²) in [6, 6.07) is 0. The van der Waals surface area contributed by atoms with Gasteiger partial charge in [0.2, 0.25) is 0 Å². The zero-order valence-electron chi connectivity index (χ0n) is 49.2. The van der Waals surface area contributed by atoms with Gasteiger partial charge in [0, 0.05) is 0 Å². The summed E-state index contributed by atoms with van der Waals surface area (Å²) in [5.74, 6) is 0. The van der Waals surface area contributed by atoms with Crippen LogP contribution in [0, 0.1) is 0 Å². The van der Waals surface area contributed by atoms with Crippen molar-refractivity contribution in [2.75, 3.05) is 39.6 Å². The minimum atomic E-state index is -1.94. The molecule has 0 aromatic carbocycles. The first-order valence-electron chi connectivity index (χ1n) is 29.2. The molecule has 6 heterocycles. The van der Waals surface area contributed by atoms with Crippen LogP contribution in [0.5, 0.6) is 0 Å². The maximum Gasteiger partial charge on any atom is 0.188 e. The summed E-state index contributed by atoms with van der Waals surface area (Å²) in [4.78, 5) is 0. The number of hydrogen-bond donors (Lipinski definition) is 19. The third-order valence-electron chi connectivity index (χ3n) is 16.6. The smallest absolute Gasteiger partial charge is 0.188 e. The lowest BCUT2D eigenvalue weighted by Crippen LogP contribution is -2.67. The van der Waals surface area contributed by atoms with Crippen LogP contribution in [0.25, 0.3) is 0 Å². The molecule has 87 heavy (non-hydrogen) atoms. The van der Waals surface area contributed by atoms with Crippen molar-refractivity contribution in [3.63, 3.8) is 0 Å². The first-order chi connectivity index (χ1) is 41.1. The second kappa shape index (κ2) is 33.5. The van der Waals surface area contributed by atoms with Crippen LogP contribution in [0.2, 0.25) is 0 Å². The van der Waals surface area contributed by atoms with E-state index >= 15 is 0 Å². The highest BCUT2D eigenvalue weighted by molar-refractivity contribution is 5.08. The van der Waals surface area contributed by atoms with Gasteiger partial charge < -0.3 is 154 Å². The van der Waals surface area contributed by atoms with E-state index in [-0.39, 0.29) is 13.0 Å². The van der Waals surface area contributed by atoms with Crippen molar-refractivity contribution in [3.8, 4) is 0 Å². The molecule has 31 atom stereocenters. The zero-order valence-corrected chi connectivity index (χ0v) is 49.2. The maximum atomic E-state index is 11.9. The molecule has 0 aromatic heterocycles. The van der Waals surface area contributed by atoms with E-state index in [2.05, 4.69) is 12.7 Å². The second-order valence-corrected chi connectivity index (χ2v) is 23.4. The Balaban J connectivity index is 1.04. The first kappa shape index (κ1) is 73.8. The van der Waals surface area contributed by atoms with Gasteiger partial charge in [-0.15, -0.1) is 6.58 Å². The van der Waals surface area contributed by atoms with Crippen LogP contribution in [-0.4, -0.2) is 327 Å². The van der Waals surface area contributed by atoms with Crippen molar-refractivity contribution in [1.82, 2.24) is 0 Å². The zero-order chi connectivity index (χ0) is 64.4. The van der Waals surface area contributed by atoms with Crippen LogP contribution in [0.3, 0.4) is 0 Å². The molecule has 6 aliphatic rings. The van der Waals surface area contributed by atoms with Gasteiger partial charge in [-0.3, -0.25) is 0 Å². The Morgan fingerprint density at radius 1 is 0.402 bits per heavy atom. The predicted octanol–water partition coefficient (Wildman–Crippen LogP) is -6.93. The van der Waals surface area contributed by atoms with Gasteiger partial charge >= 0.3 is 0 Å². The lowest BCUT2D eigenvalue weighted by Gasteiger charge is -2.49. The topological polar surface area (TPSA) is 495 Å². The van der Waals surface area contributed by atoms with Crippen molar-refractivity contribution >= 4 is 0 Å². The summed E-state index contributed by atoms with van der Waals surface area (Å²) in [7, 11) is 0. The molecule has 6 fully saturated rings. The molecule has 6 aliphatic heterocycles. The molecule has 0 aliphatic carbocycles. The Hall–Kier alpha value is -2.28. The molecule has 0 amide bonds. The Morgan fingerprint density at radius 3 is 1.26 bits per heavy atom. The summed E-state index contributed by atoms with van der Waals surface area (Å²) >= 11 is 0. The standard InChI is InChI=1S/C56H94O31/c1-7-56(6,87-55-49(86-53-45(74)40(69)35(64)29(19-59)81-53)46(75)47(30(20-60)82-55)84-51-43(72)38(67)33(62)27(17-57)79-51)16-10-15-24(3)12-8-11-23(2)13-9-14-25(4)21-76-54-48(85-52-44(73)39(68)34(63)28(18-58)80-52)41(70)36(65)31(83-54)22-77-50-42(71)37(66)32(61)26(5)78-50/h7,11,14-15,26-55,57-75H,1,8-10,12-13,16-22H2,2-6H3/b23-11+,24-15+,25-14-/t26-,27+,28+,29+,30+,31+,32-,33+,34+,35+,36+,37+,38-,39-,40-,41-,42+,43+,44+,45+,46-,47+,48+,49+,50+,51-,52-,53-,54+,55-,56+/m0/s1. The van der Waals surface area contributed by atoms with Gasteiger partial charge in [-0.1, -0.05) is 41.0 Å². The van der Waals surface area contributed by atoms with E-state index in [9.17, 15) is 97.0 Å². The number of rotatable bonds is 28. The number of hydrogen-bond acceptors (Lipinski definition) is 31. The van der Waals surface area contributed by atoms with Gasteiger partial charge in [0.1, 0.15) is 140 Å². The first-order valence-corrected chi connectivity index (χ1v) is 29.2. The van der Waals surface area contributed by atoms with Crippen LogP contribution in [0.4, 0.5) is 0 Å². The molecule has 19 N–H and O–H groups in total. The fourth-order valence-electron chi connectivity index (χ4n) is 10.8. The number of aliphatic hydroxyl groups excluding tert-OH is 19. The number of ether oxygens (including phenoxy) is 12. The van der Waals surface area contributed by atoms with Crippen molar-refractivity contribution in [1.29, 1.82) is 0 Å². The summed E-state index contributed by atoms with van der Waals surface area (Å²) in [5, 5.41) is 200. The van der Waals surface area contributed by atoms with Crippen LogP contribution in [-0.2, 0) is 56.8 Å². The molecule has 0 unspecified atom stereocenters. The molecule has 0 bridgehead atoms. The van der Waals surface area contributed by atoms with Crippen molar-refractivity contribution in [2.24, 2.45) is 0 Å². The van der Waals surface area contributed by atoms with Gasteiger partial charge in [0.25, 0.3) is 0 Å². The predicted molar refractivity (Wildman–Crippen MR) is 291 cm³/mol. The van der Waals surface area contributed by atoms with E-state index in [1.54, 1.807) is 13.8 Å². The molecule has 6 rings (SSSR count). The Kier molecular flexibility index (Phi) is 28.4. The average Bonchev–Trinajstić information content (AvgIpc) is 1.17. The van der Waals surface area contributed by atoms with Crippen molar-refractivity contribution < 1.29 is 154 Å². The molecule has 504 valence electrons. The molecule has 31 nitrogen and oxygen atoms in total. The van der Waals surface area contributed by atoms with Gasteiger partial charge in [-0.2, -0.15) is 0 Å². The van der Waals surface area contributed by atoms with E-state index in [0.717, 1.165) is 11.1 Å². The summed E-state index contributed by atoms with van der Waals surface area (Å²) in [6.07, 6.45) is -39.0. The third kappa shape index (κ3) is 18.3. The third-order valence-corrected chi connectivity index (χ3v) is 16.6. The van der Waals surface area contributed by atoms with Gasteiger partial charge in [0.05, 0.1) is 51.3 Å². The summed E-state index contributed by atoms with van der Waals surface area (Å²) in [6.45, 7) is 8.89. The van der Waals surface area contributed by atoms with Crippen molar-refractivity contribution in [3.05, 3.63) is 47.6 Å². The van der Waals surface area contributed by atoms with Gasteiger partial charge in [0.15, 0.2) is 37.7 Å². The highest BCUT2D eigenvalue weighted by Gasteiger charge is 2.56. The fourth-order valence-corrected chi connectivity index (χ4v) is 10.8. The van der Waals surface area contributed by atoms with E-state index in [1.807, 2.05) is 26.0 Å². The van der Waals surface area contributed by atoms with E-state index < -0.39 is 223 Å². The molecular weight excluding hydrogens is 1170 g/mol. The molecule has 6 saturated heterocycles. The molecule has 31 heteroatoms. The minimum Gasteiger partial charge on any atom is -0.394 e. The highest BCUT2D eigenvalue weighted by atomic mass is 16.8. The van der Waals surface area contributed by atoms with Crippen LogP contribution >= 0.6 is 0 Å². The Morgan fingerprint density at radius 2 is 0.793 bits per heavy atom. The quantitative estimate of drug-likeness (QED) is 0.0324. The van der Waals surface area contributed by atoms with Gasteiger partial charge in [-0.05, 0) is 73.1 Å². The minimum absolute atomic E-state index is 0.108. The van der Waals surface area contributed by atoms with Gasteiger partial charge in [-0.25, -0.2) is 0 Å². The average molecular weight is 1260 g/mol. The number of allylic oxidation sites excluding steroid dienone is 5. The highest BCUT2D eigenvalue weighted by Crippen LogP contribution is 2.37. The Labute approximate surface area is 502 Å². The Bertz CT molecular complexity index is 2170. The van der Waals surface area contributed by atoms with E-state index in [0.29, 0.717) is 37.7 Å². The SMILES string of the molecule is C=C[C@](C)(CC/C=C(\C)CC/C=C(\C)CC/C=C(/C)CO[C@@H]1O[C@H](CO[C@@H]2O[C@@H](C)[C@H](O)[C@@H](O)[C@H]2O)[C@@H](O)[C@H](O)[C@H]1O[C@@H]1O[C@H](CO)[C@@H](O)[C@H](O)[C@H]1O)O[C@@H]1O[C@H](CO)[C@@H](O[C@@H]2O[C@H](CO)[C@@H](O)[C@H](O)[C@H]2O)[C@H](O)[C@H]1O[C@@H]1O[C@H](CO)[C@@H](O)[C@H](O)[C@H]1O. The lowest BCUT2D eigenvalue weighted by atomic mass is 9.95. The molecule has 0 spiro atoms. The molecule has 0 aromatic rings. The molecule has 0 radical (unpaired) electrons. The summed E-state index contributed by atoms with van der Waals surface area (Å²) < 4.78 is 69.9. The second-order valence-electron chi connectivity index (χ2n) is 23.4. The lowest BCUT2D eigenvalue weighted by molar-refractivity contribution is -0.393. The van der Waals surface area contributed by atoms with E-state index in [1.165, 1.54) is 13.0 Å². The van der Waals surface area contributed by atoms with Crippen molar-refractivity contribution in [2.45, 2.75) is 263 Å². The molecule has 0 saturated carbocycles. The molecular formula is C56H94O31. The van der Waals surface area contributed by atoms with Crippen LogP contribution < -0.4 is 0 Å². The summed E-state index contributed by atoms with van der Waals surface area (Å²) in [5.41, 5.74) is 1.56. The number of aliphatic hydroxyl groups is 19. The normalized spacial score (nSPS) is 45.2. The monoisotopic (exact) mass is 1260 g/mol.